The molecular formula is C57H68FN11O19. The summed E-state index contributed by atoms with van der Waals surface area (Å²) in [6.45, 7) is -0.973. The molecule has 30 nitrogen and oxygen atoms in total. The molecule has 9 amide bonds. The number of aliphatic hydroxyl groups excluding tert-OH is 3. The van der Waals surface area contributed by atoms with Gasteiger partial charge < -0.3 is 91.8 Å². The van der Waals surface area contributed by atoms with Gasteiger partial charge in [0.05, 0.1) is 68.4 Å². The second kappa shape index (κ2) is 28.7. The molecule has 472 valence electrons. The number of amides is 9. The van der Waals surface area contributed by atoms with Gasteiger partial charge in [-0.05, 0) is 60.9 Å². The number of nitrogens with one attached hydrogen (secondary N) is 9. The number of ether oxygens (including phenoxy) is 4. The molecule has 5 heterocycles. The van der Waals surface area contributed by atoms with Gasteiger partial charge in [0.15, 0.2) is 11.8 Å². The van der Waals surface area contributed by atoms with Gasteiger partial charge >= 0.3 is 12.1 Å². The fourth-order valence-corrected chi connectivity index (χ4v) is 10.8. The number of benzene rings is 2. The van der Waals surface area contributed by atoms with E-state index in [0.29, 0.717) is 57.4 Å². The largest absolute Gasteiger partial charge is 0.458 e. The zero-order valence-electron chi connectivity index (χ0n) is 48.1. The third kappa shape index (κ3) is 14.9. The van der Waals surface area contributed by atoms with Gasteiger partial charge in [-0.15, -0.1) is 0 Å². The Balaban J connectivity index is 0.813. The lowest BCUT2D eigenvalue weighted by molar-refractivity contribution is -0.172. The molecule has 0 radical (unpaired) electrons. The number of rotatable bonds is 26. The molecule has 0 bridgehead atoms. The number of aryl methyl sites for hydroxylation is 1. The van der Waals surface area contributed by atoms with E-state index in [1.807, 2.05) is 0 Å². The molecule has 3 aliphatic heterocycles. The highest BCUT2D eigenvalue weighted by Crippen LogP contribution is 2.46. The number of nitrogens with zero attached hydrogens (tertiary/aromatic N) is 2. The molecular weight excluding hydrogens is 1160 g/mol. The number of aliphatic hydroxyl groups is 4. The van der Waals surface area contributed by atoms with Crippen LogP contribution >= 0.6 is 0 Å². The van der Waals surface area contributed by atoms with Crippen LogP contribution in [0.3, 0.4) is 0 Å². The van der Waals surface area contributed by atoms with E-state index in [2.05, 4.69) is 52.6 Å². The lowest BCUT2D eigenvalue weighted by Crippen LogP contribution is -2.53. The Kier molecular flexibility index (Phi) is 21.2. The van der Waals surface area contributed by atoms with Crippen molar-refractivity contribution in [2.75, 3.05) is 53.2 Å². The van der Waals surface area contributed by atoms with Crippen molar-refractivity contribution in [3.8, 4) is 11.4 Å². The zero-order chi connectivity index (χ0) is 63.6. The maximum absolute atomic E-state index is 15.4. The maximum Gasteiger partial charge on any atom is 0.406 e. The van der Waals surface area contributed by atoms with Gasteiger partial charge in [-0.1, -0.05) is 37.3 Å². The predicted molar refractivity (Wildman–Crippen MR) is 301 cm³/mol. The lowest BCUT2D eigenvalue weighted by atomic mass is 9.81. The minimum absolute atomic E-state index is 0.0219. The highest BCUT2D eigenvalue weighted by molar-refractivity contribution is 5.96. The summed E-state index contributed by atoms with van der Waals surface area (Å²) in [4.78, 5) is 148. The first-order valence-corrected chi connectivity index (χ1v) is 28.2. The molecule has 1 saturated heterocycles. The minimum atomic E-state index is -2.08. The fraction of sp³-hybridized carbons (Fsp3) is 0.474. The van der Waals surface area contributed by atoms with Gasteiger partial charge in [-0.25, -0.2) is 19.0 Å². The van der Waals surface area contributed by atoms with Crippen molar-refractivity contribution in [2.45, 2.75) is 120 Å². The molecule has 2 aromatic heterocycles. The number of hydrogen-bond donors (Lipinski definition) is 13. The van der Waals surface area contributed by atoms with Gasteiger partial charge in [-0.2, -0.15) is 0 Å². The number of fused-ring (bicyclic) bond motifs is 5. The lowest BCUT2D eigenvalue weighted by Gasteiger charge is -2.31. The van der Waals surface area contributed by atoms with Gasteiger partial charge in [0.1, 0.15) is 56.2 Å². The number of halogens is 1. The molecule has 13 N–H and O–H groups in total. The molecule has 4 aliphatic rings. The molecule has 0 saturated carbocycles. The van der Waals surface area contributed by atoms with Crippen molar-refractivity contribution in [3.05, 3.63) is 97.6 Å². The molecule has 8 atom stereocenters. The summed E-state index contributed by atoms with van der Waals surface area (Å²) in [7, 11) is 1.11. The van der Waals surface area contributed by atoms with E-state index in [9.17, 15) is 73.2 Å². The van der Waals surface area contributed by atoms with Crippen LogP contribution in [0.25, 0.3) is 22.3 Å². The minimum Gasteiger partial charge on any atom is -0.458 e. The summed E-state index contributed by atoms with van der Waals surface area (Å²) in [5.41, 5.74) is 1.48. The van der Waals surface area contributed by atoms with Crippen LogP contribution in [0.1, 0.15) is 84.0 Å². The van der Waals surface area contributed by atoms with Crippen molar-refractivity contribution >= 4 is 70.2 Å². The Morgan fingerprint density at radius 1 is 0.818 bits per heavy atom. The maximum atomic E-state index is 15.4. The van der Waals surface area contributed by atoms with Gasteiger partial charge in [0.2, 0.25) is 47.3 Å². The summed E-state index contributed by atoms with van der Waals surface area (Å²) >= 11 is 0. The van der Waals surface area contributed by atoms with E-state index in [-0.39, 0.29) is 62.0 Å². The summed E-state index contributed by atoms with van der Waals surface area (Å²) in [6.07, 6.45) is -7.06. The summed E-state index contributed by atoms with van der Waals surface area (Å²) in [5.74, 6) is -7.71. The first-order valence-electron chi connectivity index (χ1n) is 28.2. The third-order valence-corrected chi connectivity index (χ3v) is 15.5. The van der Waals surface area contributed by atoms with E-state index in [4.69, 9.17) is 19.2 Å². The number of methoxy groups -OCH3 is 1. The molecule has 8 rings (SSSR count). The zero-order valence-corrected chi connectivity index (χ0v) is 48.1. The molecule has 1 unspecified atom stereocenters. The highest BCUT2D eigenvalue weighted by Gasteiger charge is 2.47. The Bertz CT molecular complexity index is 3460. The standard InChI is InChI=1S/C57H68FN11O19/c1-4-57(84)32-17-38-48-30(22-69(38)54(81)31(32)24-87-55(57)82)47-34(11-10-29-27(2)33(58)18-36(67-48)46(29)47)64-45(76)25-86-26-63-43(74)20-62-52(80)37(16-28-8-6-5-7-9-28)66-44(75)21-60-42(73)19-61-51(79)35(65-41(72)14-15-59-56(83)85-3)12-13-40(71)68-53-50(78)49(77)39(23-70)88-53/h5-9,17-18,34-35,37,39,49-50,53,70,77-78,84H,4,10-16,19-26H2,1-3H3,(H,59,83)(H,60,73)(H,61,79)(H,62,80)(H,63,74)(H,64,76)(H,65,72)(H,66,75)(H,68,71)/t34-,35-,37-,39+,49+,50+,53?,57-/m0/s1. The number of hydrogen-bond acceptors (Lipinski definition) is 20. The van der Waals surface area contributed by atoms with Crippen molar-refractivity contribution in [1.82, 2.24) is 57.4 Å². The number of alkyl carbamates (subject to hydrolysis) is 1. The number of cyclic esters (lactones) is 1. The Labute approximate surface area is 500 Å². The number of pyridine rings is 2. The predicted octanol–water partition coefficient (Wildman–Crippen LogP) is -3.64. The van der Waals surface area contributed by atoms with Gasteiger partial charge in [0, 0.05) is 48.4 Å². The topological polar surface area (TPSA) is 432 Å². The molecule has 31 heteroatoms. The average Bonchev–Trinajstić information content (AvgIpc) is 1.48. The van der Waals surface area contributed by atoms with Gasteiger partial charge in [-0.3, -0.25) is 43.2 Å². The molecule has 4 aromatic rings. The first-order chi connectivity index (χ1) is 42.0. The molecule has 0 spiro atoms. The van der Waals surface area contributed by atoms with E-state index < -0.39 is 165 Å². The smallest absolute Gasteiger partial charge is 0.406 e. The van der Waals surface area contributed by atoms with E-state index in [1.54, 1.807) is 50.2 Å². The molecule has 2 aromatic carbocycles. The van der Waals surface area contributed by atoms with Crippen LogP contribution in [-0.4, -0.2) is 179 Å². The van der Waals surface area contributed by atoms with Crippen LogP contribution in [0.2, 0.25) is 0 Å². The SMILES string of the molecule is CC[C@@]1(O)C(=O)OCc2c1cc1n(c2=O)Cc2c-1nc1cc(F)c(C)c3c1c2[C@@H](NC(=O)COCNC(=O)CNC(=O)[C@H](Cc1ccccc1)NC(=O)CNC(=O)CNC(=O)[C@H](CCC(=O)NC1O[C@H](CO)[C@@H](O)[C@H]1O)NC(=O)CCNC(=O)OC)CC3. The monoisotopic (exact) mass is 1230 g/mol. The fourth-order valence-electron chi connectivity index (χ4n) is 10.8. The third-order valence-electron chi connectivity index (χ3n) is 15.5. The normalized spacial score (nSPS) is 20.1. The second-order valence-corrected chi connectivity index (χ2v) is 21.2. The van der Waals surface area contributed by atoms with Crippen molar-refractivity contribution < 1.29 is 91.7 Å². The van der Waals surface area contributed by atoms with Crippen molar-refractivity contribution in [2.24, 2.45) is 0 Å². The summed E-state index contributed by atoms with van der Waals surface area (Å²) < 4.78 is 37.3. The molecule has 1 fully saturated rings. The summed E-state index contributed by atoms with van der Waals surface area (Å²) in [5, 5.41) is 63.5. The van der Waals surface area contributed by atoms with E-state index in [0.717, 1.165) is 7.11 Å². The number of aromatic nitrogens is 2. The molecule has 88 heavy (non-hydrogen) atoms. The summed E-state index contributed by atoms with van der Waals surface area (Å²) in [6, 6.07) is 7.94. The van der Waals surface area contributed by atoms with Crippen LogP contribution in [0, 0.1) is 12.7 Å². The van der Waals surface area contributed by atoms with Gasteiger partial charge in [0.25, 0.3) is 5.56 Å². The Morgan fingerprint density at radius 2 is 1.51 bits per heavy atom. The van der Waals surface area contributed by atoms with Crippen LogP contribution < -0.4 is 53.4 Å². The Morgan fingerprint density at radius 3 is 2.20 bits per heavy atom. The van der Waals surface area contributed by atoms with E-state index >= 15 is 4.39 Å². The Hall–Kier alpha value is -9.01. The van der Waals surface area contributed by atoms with E-state index in [1.165, 1.54) is 10.6 Å². The van der Waals surface area contributed by atoms with Crippen LogP contribution in [0.4, 0.5) is 9.18 Å². The molecule has 1 aliphatic carbocycles. The van der Waals surface area contributed by atoms with Crippen molar-refractivity contribution in [3.63, 3.8) is 0 Å². The quantitative estimate of drug-likeness (QED) is 0.0144. The van der Waals surface area contributed by atoms with Crippen LogP contribution in [0.15, 0.2) is 47.3 Å². The highest BCUT2D eigenvalue weighted by atomic mass is 19.1. The average molecular weight is 1230 g/mol. The number of carbonyl (C=O) groups excluding carboxylic acids is 10. The first kappa shape index (κ1) is 65.0. The van der Waals surface area contributed by atoms with Crippen molar-refractivity contribution in [1.29, 1.82) is 0 Å². The van der Waals surface area contributed by atoms with Crippen LogP contribution in [-0.2, 0) is 93.7 Å². The number of carbonyl (C=O) groups is 10. The van der Waals surface area contributed by atoms with Crippen LogP contribution in [0.5, 0.6) is 0 Å². The number of esters is 1. The second-order valence-electron chi connectivity index (χ2n) is 21.2.